The van der Waals surface area contributed by atoms with E-state index in [1.165, 1.54) is 152 Å². The highest BCUT2D eigenvalue weighted by atomic mass is 28.4. The van der Waals surface area contributed by atoms with Gasteiger partial charge in [0.2, 0.25) is 0 Å². The Kier molecular flexibility index (Phi) is 44.6. The highest BCUT2D eigenvalue weighted by Crippen LogP contribution is 2.50. The molecule has 4 aliphatic rings. The van der Waals surface area contributed by atoms with E-state index in [0.29, 0.717) is 117 Å². The smallest absolute Gasteiger partial charge is 0.333 e. The SMILES string of the molecule is C=C(C)C(=O)OCCCc1cc(-c2ccc(-c3ccc(C4CCC(C5CCC(CCCCC)CC5)CC4)cc3F)cc2CC)cc(CCCOC(=O)C(=C)C)c1OCCC(CO)CO.CCCCCC1CCC(C2CCC(c3ccc(-c4ccc(-c5cc(CCCO)c(OCCC(CO[Si](C)(C)C(C)(C)C)CO[Si](C)(C)C(C)(C)C)c(CCCO)c5)c(CC)c4)c(F)c3)CC2)CC1. The lowest BCUT2D eigenvalue weighted by molar-refractivity contribution is -0.139. The fraction of sp³-hybridized carbons (Fsp3) is 0.638. The van der Waals surface area contributed by atoms with Crippen LogP contribution in [0.1, 0.15) is 332 Å². The van der Waals surface area contributed by atoms with E-state index in [1.807, 2.05) is 24.3 Å². The van der Waals surface area contributed by atoms with Crippen molar-refractivity contribution < 1.29 is 66.6 Å². The molecule has 4 saturated carbocycles. The van der Waals surface area contributed by atoms with Crippen molar-refractivity contribution in [3.8, 4) is 56.0 Å². The lowest BCUT2D eigenvalue weighted by atomic mass is 9.68. The predicted molar refractivity (Wildman–Crippen MR) is 549 cm³/mol. The van der Waals surface area contributed by atoms with E-state index < -0.39 is 28.6 Å². The molecule has 0 heterocycles. The molecule has 12 nitrogen and oxygen atoms in total. The lowest BCUT2D eigenvalue weighted by Crippen LogP contribution is -2.44. The average molecular weight is 1850 g/mol. The number of hydrogen-bond acceptors (Lipinski definition) is 12. The molecular formula is C116H174F2O12Si2. The summed E-state index contributed by atoms with van der Waals surface area (Å²) in [6, 6.07) is 33.4. The Hall–Kier alpha value is -6.61. The fourth-order valence-electron chi connectivity index (χ4n) is 20.6. The van der Waals surface area contributed by atoms with Gasteiger partial charge in [0.1, 0.15) is 23.1 Å². The van der Waals surface area contributed by atoms with Crippen LogP contribution in [0.25, 0.3) is 44.5 Å². The zero-order chi connectivity index (χ0) is 95.7. The number of rotatable bonds is 50. The molecule has 0 spiro atoms. The van der Waals surface area contributed by atoms with Crippen LogP contribution in [0.15, 0.2) is 121 Å². The van der Waals surface area contributed by atoms with Gasteiger partial charge in [-0.2, -0.15) is 0 Å². The first-order valence-electron chi connectivity index (χ1n) is 52.0. The van der Waals surface area contributed by atoms with E-state index >= 15 is 8.78 Å². The minimum atomic E-state index is -1.97. The third-order valence-corrected chi connectivity index (χ3v) is 40.3. The molecule has 16 heteroatoms. The summed E-state index contributed by atoms with van der Waals surface area (Å²) < 4.78 is 70.2. The van der Waals surface area contributed by atoms with Crippen LogP contribution in [0.2, 0.25) is 36.3 Å². The summed E-state index contributed by atoms with van der Waals surface area (Å²) in [6.45, 7) is 44.9. The van der Waals surface area contributed by atoms with E-state index in [0.717, 1.165) is 140 Å². The molecule has 0 unspecified atom stereocenters. The number of carbonyl (C=O) groups excluding carboxylic acids is 2. The number of ether oxygens (including phenoxy) is 4. The Morgan fingerprint density at radius 3 is 1.04 bits per heavy atom. The van der Waals surface area contributed by atoms with E-state index in [4.69, 9.17) is 27.8 Å². The number of aryl methyl sites for hydroxylation is 6. The Morgan fingerprint density at radius 2 is 0.727 bits per heavy atom. The second-order valence-electron chi connectivity index (χ2n) is 43.2. The minimum absolute atomic E-state index is 0.0912. The van der Waals surface area contributed by atoms with Crippen LogP contribution < -0.4 is 9.47 Å². The summed E-state index contributed by atoms with van der Waals surface area (Å²) in [4.78, 5) is 24.3. The van der Waals surface area contributed by atoms with Gasteiger partial charge in [0.15, 0.2) is 16.6 Å². The summed E-state index contributed by atoms with van der Waals surface area (Å²) in [5.74, 6) is 6.51. The van der Waals surface area contributed by atoms with Crippen LogP contribution in [0.5, 0.6) is 11.5 Å². The predicted octanol–water partition coefficient (Wildman–Crippen LogP) is 29.5. The molecule has 132 heavy (non-hydrogen) atoms. The summed E-state index contributed by atoms with van der Waals surface area (Å²) in [7, 11) is -3.95. The Balaban J connectivity index is 0.000000297. The molecule has 0 radical (unpaired) electrons. The molecule has 6 aromatic rings. The highest BCUT2D eigenvalue weighted by Gasteiger charge is 2.41. The molecule has 4 N–H and O–H groups in total. The quantitative estimate of drug-likeness (QED) is 0.0124. The van der Waals surface area contributed by atoms with Gasteiger partial charge in [0, 0.05) is 73.8 Å². The van der Waals surface area contributed by atoms with Gasteiger partial charge in [-0.05, 0) is 366 Å². The van der Waals surface area contributed by atoms with Crippen LogP contribution in [0.3, 0.4) is 0 Å². The molecule has 4 fully saturated rings. The van der Waals surface area contributed by atoms with Gasteiger partial charge in [0.25, 0.3) is 0 Å². The van der Waals surface area contributed by atoms with E-state index in [9.17, 15) is 30.0 Å². The summed E-state index contributed by atoms with van der Waals surface area (Å²) in [5.41, 5.74) is 16.5. The topological polar surface area (TPSA) is 170 Å². The van der Waals surface area contributed by atoms with Crippen LogP contribution >= 0.6 is 0 Å². The van der Waals surface area contributed by atoms with Crippen molar-refractivity contribution in [2.45, 2.75) is 362 Å². The summed E-state index contributed by atoms with van der Waals surface area (Å²) in [5, 5.41) is 39.7. The second kappa shape index (κ2) is 53.9. The maximum Gasteiger partial charge on any atom is 0.333 e. The molecule has 0 aromatic heterocycles. The first-order valence-corrected chi connectivity index (χ1v) is 57.8. The lowest BCUT2D eigenvalue weighted by Gasteiger charge is -2.39. The Bertz CT molecular complexity index is 4420. The molecule has 0 atom stereocenters. The Labute approximate surface area is 799 Å². The van der Waals surface area contributed by atoms with E-state index in [1.54, 1.807) is 19.9 Å². The van der Waals surface area contributed by atoms with Crippen molar-refractivity contribution in [2.75, 3.05) is 66.1 Å². The number of halogens is 2. The molecular weight excluding hydrogens is 1680 g/mol. The third kappa shape index (κ3) is 32.3. The van der Waals surface area contributed by atoms with E-state index in [2.05, 4.69) is 175 Å². The molecule has 732 valence electrons. The molecule has 0 bridgehead atoms. The second-order valence-corrected chi connectivity index (χ2v) is 52.8. The number of esters is 2. The van der Waals surface area contributed by atoms with Gasteiger partial charge < -0.3 is 48.2 Å². The van der Waals surface area contributed by atoms with Crippen molar-refractivity contribution in [3.63, 3.8) is 0 Å². The number of aliphatic hydroxyl groups excluding tert-OH is 4. The summed E-state index contributed by atoms with van der Waals surface area (Å²) in [6.07, 6.45) is 39.7. The van der Waals surface area contributed by atoms with Crippen LogP contribution in [-0.4, -0.2) is 115 Å². The van der Waals surface area contributed by atoms with Gasteiger partial charge in [-0.3, -0.25) is 0 Å². The van der Waals surface area contributed by atoms with Crippen molar-refractivity contribution in [1.29, 1.82) is 0 Å². The monoisotopic (exact) mass is 1850 g/mol. The minimum Gasteiger partial charge on any atom is -0.493 e. The van der Waals surface area contributed by atoms with Crippen LogP contribution in [-0.2, 0) is 66.4 Å². The van der Waals surface area contributed by atoms with Gasteiger partial charge >= 0.3 is 11.9 Å². The number of unbranched alkanes of at least 4 members (excludes halogenated alkanes) is 4. The molecule has 0 aliphatic heterocycles. The maximum absolute atomic E-state index is 16.2. The first-order chi connectivity index (χ1) is 63.2. The number of hydrogen-bond donors (Lipinski definition) is 4. The van der Waals surface area contributed by atoms with Crippen molar-refractivity contribution >= 4 is 28.6 Å². The zero-order valence-corrected chi connectivity index (χ0v) is 86.8. The third-order valence-electron chi connectivity index (χ3n) is 31.3. The van der Waals surface area contributed by atoms with Crippen LogP contribution in [0.4, 0.5) is 8.78 Å². The zero-order valence-electron chi connectivity index (χ0n) is 84.8. The van der Waals surface area contributed by atoms with Crippen molar-refractivity contribution in [3.05, 3.63) is 178 Å². The van der Waals surface area contributed by atoms with Gasteiger partial charge in [0.05, 0.1) is 26.4 Å². The summed E-state index contributed by atoms with van der Waals surface area (Å²) >= 11 is 0. The first kappa shape index (κ1) is 109. The highest BCUT2D eigenvalue weighted by molar-refractivity contribution is 6.74. The maximum atomic E-state index is 16.2. The number of benzene rings is 6. The van der Waals surface area contributed by atoms with Gasteiger partial charge in [-0.25, -0.2) is 18.4 Å². The molecule has 4 aliphatic carbocycles. The number of aliphatic hydroxyl groups is 4. The van der Waals surface area contributed by atoms with Gasteiger partial charge in [-0.1, -0.05) is 220 Å². The molecule has 0 saturated heterocycles. The number of carbonyl (C=O) groups is 2. The average Bonchev–Trinajstić information content (AvgIpc) is 0.781. The van der Waals surface area contributed by atoms with Crippen molar-refractivity contribution in [1.82, 2.24) is 0 Å². The van der Waals surface area contributed by atoms with Crippen molar-refractivity contribution in [2.24, 2.45) is 47.3 Å². The van der Waals surface area contributed by atoms with E-state index in [-0.39, 0.29) is 79.8 Å². The standard InChI is InChI=1S/C60H97FO5Si2.C56H77FO7/c1-13-15-16-19-44-22-24-47(25-23-44)48-26-28-49(29-27-48)50-30-33-56(57(61)41-50)51-31-32-55(46(14-2)38-51)54-39-52(20-17-35-62)58(53(40-54)21-18-36-63)64-37-34-45(42-65-67(9,10)59(3,4)5)43-66-68(11,12)60(6,7)8;1-7-9-10-13-40-16-18-43(19-17-40)44-20-22-45(23-21-44)46-24-27-52(53(57)35-46)47-25-26-51(42(8-2)32-47)50-33-48(14-11-29-63-55(60)38(3)4)54(62-31-28-41(36-58)37-59)49(34-50)15-12-30-64-56(61)39(5)6/h30-33,38-41,44-45,47-49,62-63H,13-29,34-37,42-43H2,1-12H3;24-27,32-35,40-41,43-45,58-59H,3,5,7-23,28-31,36-37H2,1-2,4,6H3. The van der Waals surface area contributed by atoms with Crippen LogP contribution in [0, 0.1) is 59.0 Å². The van der Waals surface area contributed by atoms with Gasteiger partial charge in [-0.15, -0.1) is 0 Å². The fourth-order valence-corrected chi connectivity index (χ4v) is 22.8. The largest absolute Gasteiger partial charge is 0.493 e. The molecule has 0 amide bonds. The normalized spacial score (nSPS) is 19.3. The molecule has 10 rings (SSSR count). The molecule has 6 aromatic carbocycles. The Morgan fingerprint density at radius 1 is 0.402 bits per heavy atom.